The highest BCUT2D eigenvalue weighted by atomic mass is 32.1. The normalized spacial score (nSPS) is 12.9. The van der Waals surface area contributed by atoms with Crippen LogP contribution in [0.5, 0.6) is 0 Å². The second-order valence-corrected chi connectivity index (χ2v) is 7.87. The molecule has 7 nitrogen and oxygen atoms in total. The molecule has 0 saturated heterocycles. The smallest absolute Gasteiger partial charge is 0.275 e. The number of carbonyl (C=O) groups excluding carboxylic acids is 1. The first-order chi connectivity index (χ1) is 11.6. The number of amides is 1. The van der Waals surface area contributed by atoms with Crippen molar-refractivity contribution in [3.05, 3.63) is 34.1 Å². The monoisotopic (exact) mass is 363 g/mol. The Morgan fingerprint density at radius 1 is 1.24 bits per heavy atom. The van der Waals surface area contributed by atoms with E-state index in [2.05, 4.69) is 15.7 Å². The van der Waals surface area contributed by atoms with Crippen molar-refractivity contribution in [1.82, 2.24) is 25.1 Å². The van der Waals surface area contributed by atoms with Crippen molar-refractivity contribution in [2.75, 3.05) is 13.6 Å². The fraction of sp³-hybridized carbons (Fsp3) is 0.529. The second kappa shape index (κ2) is 7.45. The van der Waals surface area contributed by atoms with Gasteiger partial charge in [-0.2, -0.15) is 9.36 Å². The highest BCUT2D eigenvalue weighted by molar-refractivity contribution is 7.71. The highest BCUT2D eigenvalue weighted by Crippen LogP contribution is 2.17. The van der Waals surface area contributed by atoms with Crippen LogP contribution in [0.3, 0.4) is 0 Å². The Balaban J connectivity index is 2.14. The summed E-state index contributed by atoms with van der Waals surface area (Å²) in [6, 6.07) is 6.06. The maximum Gasteiger partial charge on any atom is 0.275 e. The first kappa shape index (κ1) is 19.3. The summed E-state index contributed by atoms with van der Waals surface area (Å²) in [4.78, 5) is 13.0. The topological polar surface area (TPSA) is 69.2 Å². The Morgan fingerprint density at radius 2 is 1.84 bits per heavy atom. The number of rotatable bonds is 5. The zero-order valence-corrected chi connectivity index (χ0v) is 16.6. The van der Waals surface area contributed by atoms with E-state index in [-0.39, 0.29) is 11.4 Å². The van der Waals surface area contributed by atoms with Crippen LogP contribution in [-0.4, -0.2) is 44.8 Å². The third kappa shape index (κ3) is 4.96. The summed E-state index contributed by atoms with van der Waals surface area (Å²) in [5, 5.41) is 11.3. The highest BCUT2D eigenvalue weighted by Gasteiger charge is 2.18. The zero-order valence-electron chi connectivity index (χ0n) is 15.8. The van der Waals surface area contributed by atoms with Crippen LogP contribution in [0.2, 0.25) is 0 Å². The van der Waals surface area contributed by atoms with Gasteiger partial charge in [-0.05, 0) is 68.4 Å². The molecule has 2 N–H and O–H groups in total. The first-order valence-electron chi connectivity index (χ1n) is 8.30. The number of nitrogens with one attached hydrogen (secondary N) is 2. The van der Waals surface area contributed by atoms with E-state index in [0.29, 0.717) is 18.0 Å². The van der Waals surface area contributed by atoms with E-state index in [4.69, 9.17) is 12.2 Å². The minimum atomic E-state index is -0.237. The molecule has 0 radical (unpaired) electrons. The Labute approximate surface area is 153 Å². The molecular weight excluding hydrogens is 336 g/mol. The molecule has 136 valence electrons. The average molecular weight is 364 g/mol. The number of likely N-dealkylation sites (N-methyl/N-ethyl adjacent to an activating group) is 1. The van der Waals surface area contributed by atoms with Crippen LogP contribution in [-0.2, 0) is 11.5 Å². The molecule has 0 aliphatic rings. The van der Waals surface area contributed by atoms with Crippen molar-refractivity contribution in [1.29, 1.82) is 0 Å². The van der Waals surface area contributed by atoms with Gasteiger partial charge in [-0.15, -0.1) is 0 Å². The third-order valence-corrected chi connectivity index (χ3v) is 4.07. The number of carbonyl (C=O) groups is 1. The number of hydrogen-bond acceptors (Lipinski definition) is 4. The molecule has 25 heavy (non-hydrogen) atoms. The number of tetrazole rings is 1. The Bertz CT molecular complexity index is 797. The third-order valence-electron chi connectivity index (χ3n) is 3.69. The van der Waals surface area contributed by atoms with Crippen LogP contribution in [0.4, 0.5) is 0 Å². The van der Waals surface area contributed by atoms with Gasteiger partial charge in [0, 0.05) is 5.54 Å². The van der Waals surface area contributed by atoms with Crippen molar-refractivity contribution in [3.63, 3.8) is 0 Å². The quantitative estimate of drug-likeness (QED) is 0.771. The Hall–Kier alpha value is -2.06. The molecule has 1 heterocycles. The average Bonchev–Trinajstić information content (AvgIpc) is 2.78. The van der Waals surface area contributed by atoms with Gasteiger partial charge in [-0.1, -0.05) is 18.2 Å². The molecule has 1 amide bonds. The van der Waals surface area contributed by atoms with Gasteiger partial charge in [0.05, 0.1) is 12.7 Å². The van der Waals surface area contributed by atoms with Crippen molar-refractivity contribution >= 4 is 18.1 Å². The SMILES string of the molecule is Cc1cccc(C)c1-n1nnn(C[NH+](C)CC(=O)NC(C)(C)C)c1=S. The number of quaternary nitrogens is 1. The molecule has 2 aromatic rings. The molecule has 0 saturated carbocycles. The van der Waals surface area contributed by atoms with E-state index in [1.807, 2.05) is 59.9 Å². The van der Waals surface area contributed by atoms with E-state index in [1.54, 1.807) is 9.36 Å². The molecule has 1 aromatic carbocycles. The number of aromatic nitrogens is 4. The molecule has 0 aliphatic heterocycles. The van der Waals surface area contributed by atoms with Gasteiger partial charge in [-0.25, -0.2) is 0 Å². The van der Waals surface area contributed by atoms with Gasteiger partial charge in [0.25, 0.3) is 5.91 Å². The van der Waals surface area contributed by atoms with Crippen molar-refractivity contribution < 1.29 is 9.69 Å². The van der Waals surface area contributed by atoms with Crippen molar-refractivity contribution in [3.8, 4) is 5.69 Å². The van der Waals surface area contributed by atoms with Crippen molar-refractivity contribution in [2.24, 2.45) is 0 Å². The fourth-order valence-corrected chi connectivity index (χ4v) is 2.93. The van der Waals surface area contributed by atoms with Crippen LogP contribution in [0.25, 0.3) is 5.69 Å². The lowest BCUT2D eigenvalue weighted by Gasteiger charge is -2.21. The summed E-state index contributed by atoms with van der Waals surface area (Å²) in [7, 11) is 1.93. The first-order valence-corrected chi connectivity index (χ1v) is 8.71. The summed E-state index contributed by atoms with van der Waals surface area (Å²) >= 11 is 5.53. The largest absolute Gasteiger partial charge is 0.347 e. The van der Waals surface area contributed by atoms with Crippen LogP contribution in [0.15, 0.2) is 18.2 Å². The van der Waals surface area contributed by atoms with Crippen molar-refractivity contribution in [2.45, 2.75) is 46.8 Å². The molecule has 0 bridgehead atoms. The van der Waals surface area contributed by atoms with Gasteiger partial charge in [0.1, 0.15) is 0 Å². The number of benzene rings is 1. The zero-order chi connectivity index (χ0) is 18.8. The molecule has 0 spiro atoms. The minimum Gasteiger partial charge on any atom is -0.347 e. The summed E-state index contributed by atoms with van der Waals surface area (Å²) in [6.07, 6.45) is 0. The van der Waals surface area contributed by atoms with Crippen LogP contribution in [0.1, 0.15) is 31.9 Å². The van der Waals surface area contributed by atoms with E-state index in [0.717, 1.165) is 21.7 Å². The van der Waals surface area contributed by atoms with E-state index >= 15 is 0 Å². The van der Waals surface area contributed by atoms with Gasteiger partial charge in [-0.3, -0.25) is 4.79 Å². The molecular formula is C17H27N6OS+. The lowest BCUT2D eigenvalue weighted by atomic mass is 10.1. The molecule has 1 aromatic heterocycles. The van der Waals surface area contributed by atoms with Crippen LogP contribution in [0, 0.1) is 18.6 Å². The number of nitrogens with zero attached hydrogens (tertiary/aromatic N) is 4. The van der Waals surface area contributed by atoms with Gasteiger partial charge < -0.3 is 10.2 Å². The van der Waals surface area contributed by atoms with Gasteiger partial charge in [0.2, 0.25) is 4.77 Å². The lowest BCUT2D eigenvalue weighted by molar-refractivity contribution is -0.895. The summed E-state index contributed by atoms with van der Waals surface area (Å²) in [6.45, 7) is 10.8. The Kier molecular flexibility index (Phi) is 5.74. The summed E-state index contributed by atoms with van der Waals surface area (Å²) in [5.41, 5.74) is 2.91. The number of para-hydroxylation sites is 1. The second-order valence-electron chi connectivity index (χ2n) is 7.50. The fourth-order valence-electron chi connectivity index (χ4n) is 2.70. The lowest BCUT2D eigenvalue weighted by Crippen LogP contribution is -3.09. The molecule has 8 heteroatoms. The molecule has 1 unspecified atom stereocenters. The summed E-state index contributed by atoms with van der Waals surface area (Å²) in [5.74, 6) is -0.00124. The van der Waals surface area contributed by atoms with E-state index in [9.17, 15) is 4.79 Å². The predicted octanol–water partition coefficient (Wildman–Crippen LogP) is 0.802. The molecule has 2 rings (SSSR count). The number of hydrogen-bond donors (Lipinski definition) is 2. The minimum absolute atomic E-state index is 0.00124. The van der Waals surface area contributed by atoms with Crippen LogP contribution >= 0.6 is 12.2 Å². The van der Waals surface area contributed by atoms with E-state index < -0.39 is 0 Å². The van der Waals surface area contributed by atoms with Crippen LogP contribution < -0.4 is 10.2 Å². The maximum absolute atomic E-state index is 12.1. The van der Waals surface area contributed by atoms with Gasteiger partial charge in [0.15, 0.2) is 13.2 Å². The predicted molar refractivity (Wildman–Crippen MR) is 99.3 cm³/mol. The van der Waals surface area contributed by atoms with E-state index in [1.165, 1.54) is 0 Å². The molecule has 0 aliphatic carbocycles. The Morgan fingerprint density at radius 3 is 2.40 bits per heavy atom. The van der Waals surface area contributed by atoms with Gasteiger partial charge >= 0.3 is 0 Å². The molecule has 0 fully saturated rings. The summed E-state index contributed by atoms with van der Waals surface area (Å²) < 4.78 is 3.86. The number of aryl methyl sites for hydroxylation is 2. The molecule has 1 atom stereocenters. The standard InChI is InChI=1S/C17H26N6OS/c1-12-8-7-9-13(2)15(12)23-16(25)22(19-20-23)11-21(6)10-14(24)18-17(3,4)5/h7-9H,10-11H2,1-6H3,(H,18,24)/p+1. The maximum atomic E-state index is 12.1.